The molecular weight excluding hydrogens is 188 g/mol. The van der Waals surface area contributed by atoms with Crippen LogP contribution in [0.4, 0.5) is 0 Å². The Kier molecular flexibility index (Phi) is 3.51. The lowest BCUT2D eigenvalue weighted by molar-refractivity contribution is -0.107. The summed E-state index contributed by atoms with van der Waals surface area (Å²) in [6.07, 6.45) is 1.39. The Morgan fingerprint density at radius 3 is 2.47 bits per heavy atom. The number of hydrogen-bond donors (Lipinski definition) is 0. The van der Waals surface area contributed by atoms with Gasteiger partial charge in [0.25, 0.3) is 0 Å². The molecule has 82 valence electrons. The molecule has 15 heavy (non-hydrogen) atoms. The van der Waals surface area contributed by atoms with Crippen LogP contribution in [0.2, 0.25) is 0 Å². The third kappa shape index (κ3) is 2.82. The highest BCUT2D eigenvalue weighted by Gasteiger charge is 2.18. The van der Waals surface area contributed by atoms with E-state index >= 15 is 0 Å². The summed E-state index contributed by atoms with van der Waals surface area (Å²) in [6.45, 7) is 6.40. The number of methoxy groups -OCH3 is 1. The molecule has 0 heterocycles. The van der Waals surface area contributed by atoms with Gasteiger partial charge in [0.15, 0.2) is 0 Å². The predicted molar refractivity (Wildman–Crippen MR) is 61.5 cm³/mol. The van der Waals surface area contributed by atoms with Crippen LogP contribution >= 0.6 is 0 Å². The molecule has 0 saturated heterocycles. The topological polar surface area (TPSA) is 26.3 Å². The summed E-state index contributed by atoms with van der Waals surface area (Å²) in [7, 11) is 1.67. The molecule has 0 amide bonds. The van der Waals surface area contributed by atoms with E-state index in [2.05, 4.69) is 20.8 Å². The van der Waals surface area contributed by atoms with Crippen LogP contribution in [-0.2, 0) is 16.6 Å². The van der Waals surface area contributed by atoms with E-state index in [9.17, 15) is 4.79 Å². The summed E-state index contributed by atoms with van der Waals surface area (Å²) in [5.74, 6) is 0.886. The van der Waals surface area contributed by atoms with Crippen LogP contribution in [0.5, 0.6) is 5.75 Å². The molecule has 0 N–H and O–H groups in total. The second-order valence-electron chi connectivity index (χ2n) is 4.66. The van der Waals surface area contributed by atoms with Gasteiger partial charge in [0.2, 0.25) is 0 Å². The third-order valence-electron chi connectivity index (χ3n) is 2.39. The van der Waals surface area contributed by atoms with Crippen molar-refractivity contribution in [2.75, 3.05) is 7.11 Å². The number of benzene rings is 1. The van der Waals surface area contributed by atoms with Crippen LogP contribution in [0.15, 0.2) is 18.2 Å². The van der Waals surface area contributed by atoms with E-state index in [0.29, 0.717) is 6.42 Å². The van der Waals surface area contributed by atoms with E-state index in [4.69, 9.17) is 4.74 Å². The fourth-order valence-electron chi connectivity index (χ4n) is 1.56. The van der Waals surface area contributed by atoms with Crippen LogP contribution in [0.3, 0.4) is 0 Å². The van der Waals surface area contributed by atoms with Crippen LogP contribution in [0.25, 0.3) is 0 Å². The molecule has 0 aliphatic carbocycles. The van der Waals surface area contributed by atoms with Gasteiger partial charge < -0.3 is 9.53 Å². The highest BCUT2D eigenvalue weighted by Crippen LogP contribution is 2.31. The summed E-state index contributed by atoms with van der Waals surface area (Å²) in [5.41, 5.74) is 2.21. The van der Waals surface area contributed by atoms with E-state index < -0.39 is 0 Å². The maximum Gasteiger partial charge on any atom is 0.124 e. The van der Waals surface area contributed by atoms with Gasteiger partial charge in [-0.05, 0) is 22.6 Å². The standard InChI is InChI=1S/C13H18O2/c1-13(2,3)11-9-10(7-8-14)5-6-12(11)15-4/h5-6,8-9H,7H2,1-4H3. The molecule has 0 atom stereocenters. The van der Waals surface area contributed by atoms with Crippen molar-refractivity contribution in [3.63, 3.8) is 0 Å². The average molecular weight is 206 g/mol. The first-order chi connectivity index (χ1) is 6.99. The maximum absolute atomic E-state index is 10.5. The predicted octanol–water partition coefficient (Wildman–Crippen LogP) is 2.73. The van der Waals surface area contributed by atoms with Crippen molar-refractivity contribution in [2.24, 2.45) is 0 Å². The second-order valence-corrected chi connectivity index (χ2v) is 4.66. The fraction of sp³-hybridized carbons (Fsp3) is 0.462. The van der Waals surface area contributed by atoms with E-state index in [0.717, 1.165) is 23.2 Å². The van der Waals surface area contributed by atoms with Gasteiger partial charge in [-0.15, -0.1) is 0 Å². The van der Waals surface area contributed by atoms with Gasteiger partial charge in [-0.2, -0.15) is 0 Å². The molecule has 1 rings (SSSR count). The summed E-state index contributed by atoms with van der Waals surface area (Å²) in [4.78, 5) is 10.5. The van der Waals surface area contributed by atoms with Crippen molar-refractivity contribution in [3.05, 3.63) is 29.3 Å². The van der Waals surface area contributed by atoms with Crippen molar-refractivity contribution in [3.8, 4) is 5.75 Å². The Balaban J connectivity index is 3.19. The van der Waals surface area contributed by atoms with Crippen molar-refractivity contribution in [1.29, 1.82) is 0 Å². The second kappa shape index (κ2) is 4.47. The number of ether oxygens (including phenoxy) is 1. The molecule has 0 unspecified atom stereocenters. The third-order valence-corrected chi connectivity index (χ3v) is 2.39. The monoisotopic (exact) mass is 206 g/mol. The zero-order valence-corrected chi connectivity index (χ0v) is 9.83. The lowest BCUT2D eigenvalue weighted by atomic mass is 9.85. The van der Waals surface area contributed by atoms with Gasteiger partial charge in [-0.3, -0.25) is 0 Å². The number of carbonyl (C=O) groups excluding carboxylic acids is 1. The minimum Gasteiger partial charge on any atom is -0.496 e. The van der Waals surface area contributed by atoms with E-state index in [1.54, 1.807) is 7.11 Å². The van der Waals surface area contributed by atoms with Crippen molar-refractivity contribution in [1.82, 2.24) is 0 Å². The normalized spacial score (nSPS) is 11.2. The van der Waals surface area contributed by atoms with Gasteiger partial charge >= 0.3 is 0 Å². The van der Waals surface area contributed by atoms with Crippen molar-refractivity contribution in [2.45, 2.75) is 32.6 Å². The van der Waals surface area contributed by atoms with Crippen LogP contribution < -0.4 is 4.74 Å². The molecule has 0 fully saturated rings. The number of rotatable bonds is 3. The number of hydrogen-bond acceptors (Lipinski definition) is 2. The van der Waals surface area contributed by atoms with Gasteiger partial charge in [0.1, 0.15) is 12.0 Å². The minimum absolute atomic E-state index is 0.0320. The van der Waals surface area contributed by atoms with Gasteiger partial charge in [0, 0.05) is 6.42 Å². The molecule has 0 spiro atoms. The van der Waals surface area contributed by atoms with Crippen LogP contribution in [-0.4, -0.2) is 13.4 Å². The molecule has 0 saturated carbocycles. The SMILES string of the molecule is COc1ccc(CC=O)cc1C(C)(C)C. The Labute approximate surface area is 91.3 Å². The van der Waals surface area contributed by atoms with Crippen LogP contribution in [0, 0.1) is 0 Å². The van der Waals surface area contributed by atoms with E-state index in [-0.39, 0.29) is 5.41 Å². The van der Waals surface area contributed by atoms with Crippen molar-refractivity contribution < 1.29 is 9.53 Å². The quantitative estimate of drug-likeness (QED) is 0.711. The molecule has 1 aromatic carbocycles. The molecule has 2 heteroatoms. The van der Waals surface area contributed by atoms with Gasteiger partial charge in [-0.25, -0.2) is 0 Å². The first-order valence-corrected chi connectivity index (χ1v) is 5.10. The van der Waals surface area contributed by atoms with Gasteiger partial charge in [-0.1, -0.05) is 32.9 Å². The molecular formula is C13H18O2. The summed E-state index contributed by atoms with van der Waals surface area (Å²) in [5, 5.41) is 0. The summed E-state index contributed by atoms with van der Waals surface area (Å²) >= 11 is 0. The molecule has 0 aromatic heterocycles. The van der Waals surface area contributed by atoms with Gasteiger partial charge in [0.05, 0.1) is 7.11 Å². The summed E-state index contributed by atoms with van der Waals surface area (Å²) in [6, 6.07) is 5.91. The molecule has 0 bridgehead atoms. The zero-order valence-electron chi connectivity index (χ0n) is 9.83. The highest BCUT2D eigenvalue weighted by atomic mass is 16.5. The van der Waals surface area contributed by atoms with E-state index in [1.165, 1.54) is 0 Å². The zero-order chi connectivity index (χ0) is 11.5. The summed E-state index contributed by atoms with van der Waals surface area (Å²) < 4.78 is 5.32. The Hall–Kier alpha value is -1.31. The fourth-order valence-corrected chi connectivity index (χ4v) is 1.56. The molecule has 1 aromatic rings. The smallest absolute Gasteiger partial charge is 0.124 e. The average Bonchev–Trinajstić information content (AvgIpc) is 2.17. The Bertz CT molecular complexity index is 348. The lowest BCUT2D eigenvalue weighted by Gasteiger charge is -2.22. The molecule has 0 aliphatic rings. The molecule has 0 aliphatic heterocycles. The number of aldehydes is 1. The van der Waals surface area contributed by atoms with Crippen molar-refractivity contribution >= 4 is 6.29 Å². The minimum atomic E-state index is 0.0320. The van der Waals surface area contributed by atoms with E-state index in [1.807, 2.05) is 18.2 Å². The first kappa shape index (κ1) is 11.8. The number of carbonyl (C=O) groups is 1. The van der Waals surface area contributed by atoms with Crippen LogP contribution in [0.1, 0.15) is 31.9 Å². The Morgan fingerprint density at radius 1 is 1.33 bits per heavy atom. The maximum atomic E-state index is 10.5. The molecule has 2 nitrogen and oxygen atoms in total. The largest absolute Gasteiger partial charge is 0.496 e. The Morgan fingerprint density at radius 2 is 2.00 bits per heavy atom. The first-order valence-electron chi connectivity index (χ1n) is 5.10. The molecule has 0 radical (unpaired) electrons. The lowest BCUT2D eigenvalue weighted by Crippen LogP contribution is -2.13. The highest BCUT2D eigenvalue weighted by molar-refractivity contribution is 5.56.